The fourth-order valence-electron chi connectivity index (χ4n) is 4.73. The molecule has 0 aliphatic carbocycles. The van der Waals surface area contributed by atoms with Crippen LogP contribution in [-0.4, -0.2) is 131 Å². The number of pyridine rings is 1. The van der Waals surface area contributed by atoms with Gasteiger partial charge in [-0.25, -0.2) is 4.79 Å². The van der Waals surface area contributed by atoms with Gasteiger partial charge in [0.1, 0.15) is 25.4 Å². The lowest BCUT2D eigenvalue weighted by Gasteiger charge is -2.46. The third kappa shape index (κ3) is 10.5. The van der Waals surface area contributed by atoms with Crippen LogP contribution in [0, 0.1) is 12.3 Å². The van der Waals surface area contributed by atoms with E-state index < -0.39 is 73.6 Å². The maximum atomic E-state index is 12.6. The number of hydrogen-bond acceptors (Lipinski definition) is 12. The van der Waals surface area contributed by atoms with Crippen LogP contribution in [0.3, 0.4) is 0 Å². The summed E-state index contributed by atoms with van der Waals surface area (Å²) in [4.78, 5) is 40.9. The van der Waals surface area contributed by atoms with Crippen LogP contribution in [0.5, 0.6) is 0 Å². The molecule has 2 amide bonds. The van der Waals surface area contributed by atoms with E-state index in [-0.39, 0.29) is 39.5 Å². The van der Waals surface area contributed by atoms with E-state index in [4.69, 9.17) is 25.4 Å². The van der Waals surface area contributed by atoms with Gasteiger partial charge < -0.3 is 55.1 Å². The van der Waals surface area contributed by atoms with Crippen molar-refractivity contribution in [3.05, 3.63) is 54.4 Å². The molecule has 1 aromatic heterocycles. The standard InChI is InChI=1S/C31H39N3O12/c1-2-11-43-12-13-44-14-15-45-31(30(41)42)17-23(36)27(34-26(39)19-35)29(46-31)28(40)24(37)18-33-25(38)16-20-3-5-21(6-4-20)22-7-9-32-10-8-22/h1,3-10,23-24,27-29,35-37,40H,11-19H2,(H,33,38)(H,34,39)(H,41,42)/t23-,24+,27+,28+,29+,31+/m0/s1. The molecule has 0 unspecified atom stereocenters. The van der Waals surface area contributed by atoms with Gasteiger partial charge in [-0.15, -0.1) is 6.42 Å². The lowest BCUT2D eigenvalue weighted by atomic mass is 9.88. The van der Waals surface area contributed by atoms with Gasteiger partial charge in [0, 0.05) is 25.4 Å². The highest BCUT2D eigenvalue weighted by Crippen LogP contribution is 2.33. The highest BCUT2D eigenvalue weighted by molar-refractivity contribution is 5.79. The number of carbonyl (C=O) groups excluding carboxylic acids is 2. The lowest BCUT2D eigenvalue weighted by molar-refractivity contribution is -0.312. The normalized spacial score (nSPS) is 22.3. The molecule has 0 spiro atoms. The van der Waals surface area contributed by atoms with Gasteiger partial charge in [-0.3, -0.25) is 14.6 Å². The molecular formula is C31H39N3O12. The van der Waals surface area contributed by atoms with Crippen LogP contribution < -0.4 is 10.6 Å². The second kappa shape index (κ2) is 18.2. The molecule has 6 atom stereocenters. The van der Waals surface area contributed by atoms with Gasteiger partial charge >= 0.3 is 5.97 Å². The lowest BCUT2D eigenvalue weighted by Crippen LogP contribution is -2.68. The van der Waals surface area contributed by atoms with E-state index in [2.05, 4.69) is 21.5 Å². The van der Waals surface area contributed by atoms with Crippen molar-refractivity contribution in [1.29, 1.82) is 0 Å². The summed E-state index contributed by atoms with van der Waals surface area (Å²) in [5, 5.41) is 56.6. The third-order valence-electron chi connectivity index (χ3n) is 7.06. The summed E-state index contributed by atoms with van der Waals surface area (Å²) in [5.41, 5.74) is 2.57. The quantitative estimate of drug-likeness (QED) is 0.0704. The highest BCUT2D eigenvalue weighted by Gasteiger charge is 2.55. The van der Waals surface area contributed by atoms with Crippen LogP contribution in [0.25, 0.3) is 11.1 Å². The molecule has 15 nitrogen and oxygen atoms in total. The average Bonchev–Trinajstić information content (AvgIpc) is 3.06. The number of nitrogens with one attached hydrogen (secondary N) is 2. The van der Waals surface area contributed by atoms with Gasteiger partial charge in [-0.2, -0.15) is 0 Å². The van der Waals surface area contributed by atoms with Crippen LogP contribution in [0.15, 0.2) is 48.8 Å². The van der Waals surface area contributed by atoms with Crippen LogP contribution in [0.4, 0.5) is 0 Å². The number of terminal acetylenes is 1. The minimum atomic E-state index is -2.50. The number of amides is 2. The Hall–Kier alpha value is -3.98. The number of ether oxygens (including phenoxy) is 4. The molecule has 1 aromatic carbocycles. The molecule has 1 aliphatic rings. The fourth-order valence-corrected chi connectivity index (χ4v) is 4.73. The van der Waals surface area contributed by atoms with Gasteiger partial charge in [0.2, 0.25) is 11.8 Å². The van der Waals surface area contributed by atoms with Crippen molar-refractivity contribution >= 4 is 17.8 Å². The predicted octanol–water partition coefficient (Wildman–Crippen LogP) is -1.78. The third-order valence-corrected chi connectivity index (χ3v) is 7.06. The molecule has 2 aromatic rings. The Kier molecular flexibility index (Phi) is 14.5. The Balaban J connectivity index is 1.62. The molecule has 0 bridgehead atoms. The topological polar surface area (TPSA) is 226 Å². The molecule has 3 rings (SSSR count). The van der Waals surface area contributed by atoms with Crippen molar-refractivity contribution in [3.63, 3.8) is 0 Å². The van der Waals surface area contributed by atoms with Crippen molar-refractivity contribution in [1.82, 2.24) is 15.6 Å². The van der Waals surface area contributed by atoms with Gasteiger partial charge in [0.15, 0.2) is 0 Å². The Morgan fingerprint density at radius 1 is 1.02 bits per heavy atom. The Morgan fingerprint density at radius 3 is 2.33 bits per heavy atom. The zero-order valence-corrected chi connectivity index (χ0v) is 25.0. The number of aromatic nitrogens is 1. The summed E-state index contributed by atoms with van der Waals surface area (Å²) in [6.45, 7) is -1.43. The second-order valence-corrected chi connectivity index (χ2v) is 10.4. The first-order valence-corrected chi connectivity index (χ1v) is 14.4. The van der Waals surface area contributed by atoms with Gasteiger partial charge in [-0.05, 0) is 28.8 Å². The minimum absolute atomic E-state index is 0.0403. The highest BCUT2D eigenvalue weighted by atomic mass is 16.7. The van der Waals surface area contributed by atoms with Crippen molar-refractivity contribution in [2.45, 2.75) is 49.1 Å². The fraction of sp³-hybridized carbons (Fsp3) is 0.484. The zero-order chi connectivity index (χ0) is 33.5. The Morgan fingerprint density at radius 2 is 1.67 bits per heavy atom. The van der Waals surface area contributed by atoms with Gasteiger partial charge in [0.05, 0.1) is 51.1 Å². The second-order valence-electron chi connectivity index (χ2n) is 10.4. The number of benzene rings is 1. The van der Waals surface area contributed by atoms with E-state index in [9.17, 15) is 39.9 Å². The number of carboxylic acids is 1. The van der Waals surface area contributed by atoms with Crippen molar-refractivity contribution < 1.29 is 58.9 Å². The summed E-state index contributed by atoms with van der Waals surface area (Å²) >= 11 is 0. The summed E-state index contributed by atoms with van der Waals surface area (Å²) in [7, 11) is 0. The van der Waals surface area contributed by atoms with Crippen molar-refractivity contribution in [3.8, 4) is 23.5 Å². The van der Waals surface area contributed by atoms with Crippen LogP contribution in [0.2, 0.25) is 0 Å². The van der Waals surface area contributed by atoms with E-state index in [1.165, 1.54) is 0 Å². The number of hydrogen-bond donors (Lipinski definition) is 7. The van der Waals surface area contributed by atoms with E-state index in [0.717, 1.165) is 11.1 Å². The van der Waals surface area contributed by atoms with E-state index >= 15 is 0 Å². The molecule has 250 valence electrons. The van der Waals surface area contributed by atoms with Crippen LogP contribution in [-0.2, 0) is 39.8 Å². The molecule has 1 aliphatic heterocycles. The molecule has 2 heterocycles. The molecule has 46 heavy (non-hydrogen) atoms. The molecule has 1 saturated heterocycles. The first kappa shape index (κ1) is 36.5. The SMILES string of the molecule is C#CCOCCOCCO[C@]1(C(=O)O)C[C@H](O)[C@@H](NC(=O)CO)[C@H]([C@H](O)[C@H](O)CNC(=O)Cc2ccc(-c3ccncc3)cc2)O1. The molecule has 0 radical (unpaired) electrons. The number of rotatable bonds is 18. The molecule has 15 heteroatoms. The van der Waals surface area contributed by atoms with Gasteiger partial charge in [-0.1, -0.05) is 30.2 Å². The average molecular weight is 646 g/mol. The largest absolute Gasteiger partial charge is 0.477 e. The summed E-state index contributed by atoms with van der Waals surface area (Å²) < 4.78 is 21.5. The summed E-state index contributed by atoms with van der Waals surface area (Å²) in [6.07, 6.45) is 0.626. The zero-order valence-electron chi connectivity index (χ0n) is 25.0. The van der Waals surface area contributed by atoms with E-state index in [0.29, 0.717) is 5.56 Å². The molecule has 7 N–H and O–H groups in total. The number of carbonyl (C=O) groups is 3. The number of aliphatic hydroxyl groups is 4. The van der Waals surface area contributed by atoms with Crippen molar-refractivity contribution in [2.75, 3.05) is 46.2 Å². The first-order chi connectivity index (χ1) is 22.1. The van der Waals surface area contributed by atoms with E-state index in [1.807, 2.05) is 24.3 Å². The molecular weight excluding hydrogens is 606 g/mol. The predicted molar refractivity (Wildman–Crippen MR) is 160 cm³/mol. The number of nitrogens with zero attached hydrogens (tertiary/aromatic N) is 1. The molecule has 0 saturated carbocycles. The monoisotopic (exact) mass is 645 g/mol. The maximum Gasteiger partial charge on any atom is 0.364 e. The summed E-state index contributed by atoms with van der Waals surface area (Å²) in [5.74, 6) is -3.28. The number of aliphatic carboxylic acids is 1. The maximum absolute atomic E-state index is 12.6. The Labute approximate surface area is 265 Å². The number of aliphatic hydroxyl groups excluding tert-OH is 4. The molecule has 1 fully saturated rings. The van der Waals surface area contributed by atoms with Crippen LogP contribution in [0.1, 0.15) is 12.0 Å². The van der Waals surface area contributed by atoms with Crippen molar-refractivity contribution in [2.24, 2.45) is 0 Å². The number of carboxylic acid groups (broad SMARTS) is 1. The summed E-state index contributed by atoms with van der Waals surface area (Å²) in [6, 6.07) is 9.49. The van der Waals surface area contributed by atoms with Crippen LogP contribution >= 0.6 is 0 Å². The van der Waals surface area contributed by atoms with Gasteiger partial charge in [0.25, 0.3) is 5.79 Å². The first-order valence-electron chi connectivity index (χ1n) is 14.4. The minimum Gasteiger partial charge on any atom is -0.477 e. The van der Waals surface area contributed by atoms with E-state index in [1.54, 1.807) is 24.5 Å². The Bertz CT molecular complexity index is 1310. The smallest absolute Gasteiger partial charge is 0.364 e.